The van der Waals surface area contributed by atoms with Crippen LogP contribution in [-0.2, 0) is 4.74 Å². The van der Waals surface area contributed by atoms with Crippen molar-refractivity contribution in [2.45, 2.75) is 20.0 Å². The molecule has 2 aromatic carbocycles. The van der Waals surface area contributed by atoms with Crippen LogP contribution in [0.3, 0.4) is 0 Å². The van der Waals surface area contributed by atoms with E-state index in [2.05, 4.69) is 44.2 Å². The number of alkyl halides is 1. The average molecular weight is 275 g/mol. The minimum absolute atomic E-state index is 0.0424. The highest BCUT2D eigenvalue weighted by Gasteiger charge is 2.14. The second-order valence-electron chi connectivity index (χ2n) is 4.69. The van der Waals surface area contributed by atoms with Crippen LogP contribution < -0.4 is 0 Å². The minimum atomic E-state index is -0.0424. The van der Waals surface area contributed by atoms with E-state index in [9.17, 15) is 0 Å². The van der Waals surface area contributed by atoms with Gasteiger partial charge in [-0.15, -0.1) is 11.6 Å². The first-order valence-electron chi connectivity index (χ1n) is 6.52. The van der Waals surface area contributed by atoms with Crippen LogP contribution in [0.25, 0.3) is 0 Å². The molecule has 1 nitrogen and oxygen atoms in total. The van der Waals surface area contributed by atoms with Crippen molar-refractivity contribution in [2.24, 2.45) is 0 Å². The molecule has 0 radical (unpaired) electrons. The van der Waals surface area contributed by atoms with Gasteiger partial charge in [0.2, 0.25) is 0 Å². The van der Waals surface area contributed by atoms with E-state index in [-0.39, 0.29) is 6.10 Å². The molecule has 0 fully saturated rings. The molecule has 0 amide bonds. The molecular formula is C17H19ClO. The first kappa shape index (κ1) is 14.1. The fourth-order valence-corrected chi connectivity index (χ4v) is 2.19. The standard InChI is InChI=1S/C17H19ClO/c1-13-8-9-16(12-14(13)2)17(19-11-10-18)15-6-4-3-5-7-15/h3-9,12,17H,10-11H2,1-2H3. The fourth-order valence-electron chi connectivity index (χ4n) is 2.10. The van der Waals surface area contributed by atoms with Gasteiger partial charge in [0.25, 0.3) is 0 Å². The minimum Gasteiger partial charge on any atom is -0.368 e. The van der Waals surface area contributed by atoms with Crippen LogP contribution in [0, 0.1) is 13.8 Å². The first-order chi connectivity index (χ1) is 9.22. The van der Waals surface area contributed by atoms with E-state index in [0.717, 1.165) is 5.56 Å². The summed E-state index contributed by atoms with van der Waals surface area (Å²) in [5.41, 5.74) is 4.93. The summed E-state index contributed by atoms with van der Waals surface area (Å²) in [6, 6.07) is 16.7. The number of aryl methyl sites for hydroxylation is 2. The summed E-state index contributed by atoms with van der Waals surface area (Å²) in [5, 5.41) is 0. The summed E-state index contributed by atoms with van der Waals surface area (Å²) in [6.07, 6.45) is -0.0424. The van der Waals surface area contributed by atoms with Crippen molar-refractivity contribution < 1.29 is 4.74 Å². The van der Waals surface area contributed by atoms with Gasteiger partial charge in [0.15, 0.2) is 0 Å². The Morgan fingerprint density at radius 2 is 1.68 bits per heavy atom. The van der Waals surface area contributed by atoms with Gasteiger partial charge in [-0.25, -0.2) is 0 Å². The van der Waals surface area contributed by atoms with Gasteiger partial charge in [-0.2, -0.15) is 0 Å². The summed E-state index contributed by atoms with van der Waals surface area (Å²) >= 11 is 5.75. The Labute approximate surface area is 120 Å². The van der Waals surface area contributed by atoms with Gasteiger partial charge in [0, 0.05) is 5.88 Å². The molecule has 0 aliphatic heterocycles. The number of benzene rings is 2. The second kappa shape index (κ2) is 6.74. The molecule has 1 unspecified atom stereocenters. The Hall–Kier alpha value is -1.31. The van der Waals surface area contributed by atoms with E-state index in [1.165, 1.54) is 16.7 Å². The molecule has 19 heavy (non-hydrogen) atoms. The van der Waals surface area contributed by atoms with Crippen LogP contribution in [0.5, 0.6) is 0 Å². The lowest BCUT2D eigenvalue weighted by Crippen LogP contribution is -2.08. The lowest BCUT2D eigenvalue weighted by Gasteiger charge is -2.19. The molecule has 2 heteroatoms. The number of rotatable bonds is 5. The molecule has 0 aliphatic carbocycles. The molecule has 2 rings (SSSR count). The number of hydrogen-bond donors (Lipinski definition) is 0. The van der Waals surface area contributed by atoms with E-state index in [1.54, 1.807) is 0 Å². The Kier molecular flexibility index (Phi) is 5.00. The van der Waals surface area contributed by atoms with Crippen molar-refractivity contribution in [1.29, 1.82) is 0 Å². The molecule has 0 spiro atoms. The highest BCUT2D eigenvalue weighted by Crippen LogP contribution is 2.27. The topological polar surface area (TPSA) is 9.23 Å². The third-order valence-electron chi connectivity index (χ3n) is 3.30. The summed E-state index contributed by atoms with van der Waals surface area (Å²) in [7, 11) is 0. The van der Waals surface area contributed by atoms with Crippen molar-refractivity contribution >= 4 is 11.6 Å². The van der Waals surface area contributed by atoms with Crippen molar-refractivity contribution in [3.8, 4) is 0 Å². The quantitative estimate of drug-likeness (QED) is 0.721. The van der Waals surface area contributed by atoms with Crippen LogP contribution in [0.4, 0.5) is 0 Å². The van der Waals surface area contributed by atoms with Gasteiger partial charge in [0.1, 0.15) is 6.10 Å². The van der Waals surface area contributed by atoms with Crippen LogP contribution in [-0.4, -0.2) is 12.5 Å². The van der Waals surface area contributed by atoms with Gasteiger partial charge < -0.3 is 4.74 Å². The molecule has 0 bridgehead atoms. The zero-order valence-electron chi connectivity index (χ0n) is 11.4. The molecule has 100 valence electrons. The van der Waals surface area contributed by atoms with Crippen molar-refractivity contribution in [3.63, 3.8) is 0 Å². The fraction of sp³-hybridized carbons (Fsp3) is 0.294. The van der Waals surface area contributed by atoms with Gasteiger partial charge in [0.05, 0.1) is 6.61 Å². The van der Waals surface area contributed by atoms with Gasteiger partial charge in [-0.1, -0.05) is 48.5 Å². The summed E-state index contributed by atoms with van der Waals surface area (Å²) in [5.74, 6) is 0.508. The third kappa shape index (κ3) is 3.59. The van der Waals surface area contributed by atoms with Crippen LogP contribution >= 0.6 is 11.6 Å². The smallest absolute Gasteiger partial charge is 0.108 e. The summed E-state index contributed by atoms with van der Waals surface area (Å²) < 4.78 is 5.93. The zero-order chi connectivity index (χ0) is 13.7. The maximum absolute atomic E-state index is 5.93. The molecule has 0 aromatic heterocycles. The lowest BCUT2D eigenvalue weighted by atomic mass is 9.98. The third-order valence-corrected chi connectivity index (χ3v) is 3.45. The van der Waals surface area contributed by atoms with Gasteiger partial charge in [-0.3, -0.25) is 0 Å². The summed E-state index contributed by atoms with van der Waals surface area (Å²) in [4.78, 5) is 0. The van der Waals surface area contributed by atoms with E-state index in [4.69, 9.17) is 16.3 Å². The maximum atomic E-state index is 5.93. The molecule has 0 saturated heterocycles. The number of halogens is 1. The predicted molar refractivity (Wildman–Crippen MR) is 80.9 cm³/mol. The molecular weight excluding hydrogens is 256 g/mol. The van der Waals surface area contributed by atoms with Crippen molar-refractivity contribution in [2.75, 3.05) is 12.5 Å². The van der Waals surface area contributed by atoms with E-state index >= 15 is 0 Å². The summed E-state index contributed by atoms with van der Waals surface area (Å²) in [6.45, 7) is 4.80. The molecule has 1 atom stereocenters. The zero-order valence-corrected chi connectivity index (χ0v) is 12.2. The Morgan fingerprint density at radius 3 is 2.32 bits per heavy atom. The lowest BCUT2D eigenvalue weighted by molar-refractivity contribution is 0.0928. The largest absolute Gasteiger partial charge is 0.368 e. The molecule has 0 saturated carbocycles. The van der Waals surface area contributed by atoms with E-state index < -0.39 is 0 Å². The van der Waals surface area contributed by atoms with E-state index in [0.29, 0.717) is 12.5 Å². The normalized spacial score (nSPS) is 12.4. The van der Waals surface area contributed by atoms with Crippen LogP contribution in [0.15, 0.2) is 48.5 Å². The van der Waals surface area contributed by atoms with Gasteiger partial charge >= 0.3 is 0 Å². The number of ether oxygens (including phenoxy) is 1. The maximum Gasteiger partial charge on any atom is 0.108 e. The molecule has 0 N–H and O–H groups in total. The molecule has 2 aromatic rings. The highest BCUT2D eigenvalue weighted by atomic mass is 35.5. The molecule has 0 aliphatic rings. The van der Waals surface area contributed by atoms with Crippen molar-refractivity contribution in [3.05, 3.63) is 70.8 Å². The molecule has 0 heterocycles. The first-order valence-corrected chi connectivity index (χ1v) is 7.05. The van der Waals surface area contributed by atoms with E-state index in [1.807, 2.05) is 18.2 Å². The second-order valence-corrected chi connectivity index (χ2v) is 5.07. The van der Waals surface area contributed by atoms with Crippen molar-refractivity contribution in [1.82, 2.24) is 0 Å². The SMILES string of the molecule is Cc1ccc(C(OCCCl)c2ccccc2)cc1C. The van der Waals surface area contributed by atoms with Crippen LogP contribution in [0.2, 0.25) is 0 Å². The number of hydrogen-bond acceptors (Lipinski definition) is 1. The predicted octanol–water partition coefficient (Wildman–Crippen LogP) is 4.65. The monoisotopic (exact) mass is 274 g/mol. The average Bonchev–Trinajstić information content (AvgIpc) is 2.44. The Morgan fingerprint density at radius 1 is 0.947 bits per heavy atom. The van der Waals surface area contributed by atoms with Crippen LogP contribution in [0.1, 0.15) is 28.4 Å². The Balaban J connectivity index is 2.34. The Bertz CT molecular complexity index is 522. The van der Waals surface area contributed by atoms with Gasteiger partial charge in [-0.05, 0) is 36.1 Å². The highest BCUT2D eigenvalue weighted by molar-refractivity contribution is 6.17.